The van der Waals surface area contributed by atoms with Gasteiger partial charge in [0.05, 0.1) is 5.41 Å². The van der Waals surface area contributed by atoms with Crippen molar-refractivity contribution in [3.8, 4) is 55.6 Å². The predicted molar refractivity (Wildman–Crippen MR) is 267 cm³/mol. The van der Waals surface area contributed by atoms with E-state index in [-0.39, 0.29) is 0 Å². The Bertz CT molecular complexity index is 3800. The second kappa shape index (κ2) is 13.0. The molecule has 12 aromatic carbocycles. The van der Waals surface area contributed by atoms with Gasteiger partial charge in [0.2, 0.25) is 0 Å². The van der Waals surface area contributed by atoms with E-state index in [0.717, 1.165) is 0 Å². The number of benzene rings is 12. The molecule has 0 fully saturated rings. The van der Waals surface area contributed by atoms with Gasteiger partial charge in [-0.3, -0.25) is 0 Å². The summed E-state index contributed by atoms with van der Waals surface area (Å²) < 4.78 is 0. The highest BCUT2D eigenvalue weighted by atomic mass is 14.5. The lowest BCUT2D eigenvalue weighted by Crippen LogP contribution is -2.26. The molecule has 0 radical (unpaired) electrons. The predicted octanol–water partition coefficient (Wildman–Crippen LogP) is 16.8. The van der Waals surface area contributed by atoms with Crippen LogP contribution in [-0.2, 0) is 5.41 Å². The Balaban J connectivity index is 1.05. The second-order valence-electron chi connectivity index (χ2n) is 17.4. The molecule has 0 N–H and O–H groups in total. The molecule has 0 amide bonds. The van der Waals surface area contributed by atoms with Crippen molar-refractivity contribution in [2.45, 2.75) is 5.41 Å². The molecule has 0 aromatic heterocycles. The minimum Gasteiger partial charge on any atom is -0.0622 e. The summed E-state index contributed by atoms with van der Waals surface area (Å²) in [5.74, 6) is 0. The van der Waals surface area contributed by atoms with E-state index in [1.807, 2.05) is 0 Å². The lowest BCUT2D eigenvalue weighted by atomic mass is 9.68. The highest BCUT2D eigenvalue weighted by Crippen LogP contribution is 2.66. The average Bonchev–Trinajstić information content (AvgIpc) is 3.84. The van der Waals surface area contributed by atoms with Gasteiger partial charge in [0.1, 0.15) is 0 Å². The largest absolute Gasteiger partial charge is 0.0737 e. The van der Waals surface area contributed by atoms with Crippen LogP contribution in [0.4, 0.5) is 0 Å². The van der Waals surface area contributed by atoms with Crippen LogP contribution in [0.3, 0.4) is 0 Å². The summed E-state index contributed by atoms with van der Waals surface area (Å²) in [6, 6.07) is 86.6. The maximum atomic E-state index is 2.48. The molecule has 12 aromatic rings. The molecule has 0 saturated carbocycles. The molecule has 290 valence electrons. The monoisotopic (exact) mass is 794 g/mol. The fraction of sp³-hybridized carbons (Fsp3) is 0.0159. The molecule has 0 heterocycles. The van der Waals surface area contributed by atoms with Gasteiger partial charge in [-0.1, -0.05) is 218 Å². The molecule has 0 saturated heterocycles. The van der Waals surface area contributed by atoms with Gasteiger partial charge in [-0.25, -0.2) is 0 Å². The normalized spacial score (nSPS) is 13.2. The topological polar surface area (TPSA) is 0 Å². The first-order chi connectivity index (χ1) is 31.3. The number of rotatable bonds is 3. The third kappa shape index (κ3) is 4.60. The zero-order valence-electron chi connectivity index (χ0n) is 34.4. The van der Waals surface area contributed by atoms with Gasteiger partial charge in [-0.2, -0.15) is 0 Å². The number of fused-ring (bicyclic) bond motifs is 19. The smallest absolute Gasteiger partial charge is 0.0622 e. The van der Waals surface area contributed by atoms with Crippen LogP contribution in [0.25, 0.3) is 109 Å². The van der Waals surface area contributed by atoms with Crippen molar-refractivity contribution in [1.82, 2.24) is 0 Å². The van der Waals surface area contributed by atoms with E-state index in [1.165, 1.54) is 132 Å². The molecule has 1 spiro atoms. The molecule has 14 rings (SSSR count). The Labute approximate surface area is 366 Å². The molecule has 0 unspecified atom stereocenters. The Kier molecular flexibility index (Phi) is 7.13. The van der Waals surface area contributed by atoms with Gasteiger partial charge < -0.3 is 0 Å². The fourth-order valence-corrected chi connectivity index (χ4v) is 12.0. The summed E-state index contributed by atoms with van der Waals surface area (Å²) in [5, 5.41) is 12.8. The molecule has 0 atom stereocenters. The van der Waals surface area contributed by atoms with Crippen LogP contribution in [0.2, 0.25) is 0 Å². The van der Waals surface area contributed by atoms with E-state index in [9.17, 15) is 0 Å². The highest BCUT2D eigenvalue weighted by molar-refractivity contribution is 6.23. The zero-order chi connectivity index (χ0) is 41.2. The molecule has 63 heavy (non-hydrogen) atoms. The van der Waals surface area contributed by atoms with Crippen LogP contribution in [-0.4, -0.2) is 0 Å². The van der Waals surface area contributed by atoms with Crippen molar-refractivity contribution in [3.05, 3.63) is 253 Å². The second-order valence-corrected chi connectivity index (χ2v) is 17.4. The zero-order valence-corrected chi connectivity index (χ0v) is 34.4. The van der Waals surface area contributed by atoms with E-state index < -0.39 is 5.41 Å². The summed E-state index contributed by atoms with van der Waals surface area (Å²) >= 11 is 0. The summed E-state index contributed by atoms with van der Waals surface area (Å²) in [6.07, 6.45) is 0. The van der Waals surface area contributed by atoms with Crippen molar-refractivity contribution in [3.63, 3.8) is 0 Å². The SMILES string of the molecule is c1ccc(-c2c3ccccc3c(-c3cccc(-c4ccc5c6c(c7ccccc7c5c4)-c4ccc5ccccc5c4C64c5ccccc5-c5ccccc54)c3)c3ccccc23)cc1. The molecule has 0 nitrogen and oxygen atoms in total. The standard InChI is InChI=1S/C63H38/c1-2-18-40(19-3-1)58-49-27-8-10-29-51(49)59(52-30-11-9-28-50(52)58)43-21-16-20-41(37-43)42-34-35-53-55(38-42)45-23-6-7-26-48(45)60-54-36-33-39-17-4-5-22-44(39)61(54)63(62(53)60)56-31-14-12-24-46(56)47-25-13-15-32-57(47)63/h1-38H. The van der Waals surface area contributed by atoms with Gasteiger partial charge in [-0.15, -0.1) is 0 Å². The minimum atomic E-state index is -0.490. The third-order valence-corrected chi connectivity index (χ3v) is 14.4. The molecular weight excluding hydrogens is 757 g/mol. The number of hydrogen-bond acceptors (Lipinski definition) is 0. The lowest BCUT2D eigenvalue weighted by Gasteiger charge is -2.32. The maximum Gasteiger partial charge on any atom is 0.0737 e. The fourth-order valence-electron chi connectivity index (χ4n) is 12.0. The summed E-state index contributed by atoms with van der Waals surface area (Å²) in [6.45, 7) is 0. The van der Waals surface area contributed by atoms with Crippen molar-refractivity contribution in [1.29, 1.82) is 0 Å². The lowest BCUT2D eigenvalue weighted by molar-refractivity contribution is 0.809. The van der Waals surface area contributed by atoms with E-state index in [1.54, 1.807) is 0 Å². The van der Waals surface area contributed by atoms with Gasteiger partial charge >= 0.3 is 0 Å². The quantitative estimate of drug-likeness (QED) is 0.123. The summed E-state index contributed by atoms with van der Waals surface area (Å²) in [5.41, 5.74) is 17.8. The Morgan fingerprint density at radius 3 is 1.38 bits per heavy atom. The van der Waals surface area contributed by atoms with Crippen molar-refractivity contribution >= 4 is 53.9 Å². The van der Waals surface area contributed by atoms with Crippen LogP contribution < -0.4 is 0 Å². The van der Waals surface area contributed by atoms with Crippen LogP contribution in [0, 0.1) is 0 Å². The molecule has 0 aliphatic heterocycles. The Morgan fingerprint density at radius 1 is 0.222 bits per heavy atom. The Morgan fingerprint density at radius 2 is 0.714 bits per heavy atom. The first-order valence-electron chi connectivity index (χ1n) is 22.1. The van der Waals surface area contributed by atoms with Crippen LogP contribution in [0.1, 0.15) is 22.3 Å². The summed E-state index contributed by atoms with van der Waals surface area (Å²) in [4.78, 5) is 0. The average molecular weight is 795 g/mol. The van der Waals surface area contributed by atoms with E-state index >= 15 is 0 Å². The first-order valence-corrected chi connectivity index (χ1v) is 22.1. The minimum absolute atomic E-state index is 0.490. The first kappa shape index (κ1) is 34.6. The molecule has 2 aliphatic rings. The molecular formula is C63H38. The van der Waals surface area contributed by atoms with Crippen LogP contribution >= 0.6 is 0 Å². The van der Waals surface area contributed by atoms with Gasteiger partial charge in [0.25, 0.3) is 0 Å². The molecule has 0 heteroatoms. The molecule has 2 aliphatic carbocycles. The van der Waals surface area contributed by atoms with E-state index in [2.05, 4.69) is 231 Å². The van der Waals surface area contributed by atoms with E-state index in [4.69, 9.17) is 0 Å². The van der Waals surface area contributed by atoms with Gasteiger partial charge in [0.15, 0.2) is 0 Å². The Hall–Kier alpha value is -8.06. The summed E-state index contributed by atoms with van der Waals surface area (Å²) in [7, 11) is 0. The van der Waals surface area contributed by atoms with Crippen molar-refractivity contribution in [2.75, 3.05) is 0 Å². The van der Waals surface area contributed by atoms with E-state index in [0.29, 0.717) is 0 Å². The maximum absolute atomic E-state index is 2.48. The highest BCUT2D eigenvalue weighted by Gasteiger charge is 2.53. The van der Waals surface area contributed by atoms with Crippen molar-refractivity contribution < 1.29 is 0 Å². The van der Waals surface area contributed by atoms with Gasteiger partial charge in [0, 0.05) is 0 Å². The van der Waals surface area contributed by atoms with Gasteiger partial charge in [-0.05, 0) is 144 Å². The van der Waals surface area contributed by atoms with Crippen LogP contribution in [0.5, 0.6) is 0 Å². The van der Waals surface area contributed by atoms with Crippen molar-refractivity contribution in [2.24, 2.45) is 0 Å². The molecule has 0 bridgehead atoms. The van der Waals surface area contributed by atoms with Crippen LogP contribution in [0.15, 0.2) is 231 Å². The number of hydrogen-bond donors (Lipinski definition) is 0. The third-order valence-electron chi connectivity index (χ3n) is 14.4.